The van der Waals surface area contributed by atoms with E-state index in [2.05, 4.69) is 12.6 Å². The molecule has 0 bridgehead atoms. The zero-order valence-electron chi connectivity index (χ0n) is 15.6. The van der Waals surface area contributed by atoms with Gasteiger partial charge in [0, 0.05) is 12.5 Å². The van der Waals surface area contributed by atoms with Gasteiger partial charge in [-0.3, -0.25) is 0 Å². The molecule has 0 fully saturated rings. The first-order valence-electron chi connectivity index (χ1n) is 9.07. The minimum Gasteiger partial charge on any atom is -0.493 e. The fraction of sp³-hybridized carbons (Fsp3) is 0.364. The average Bonchev–Trinajstić information content (AvgIpc) is 3.18. The zero-order chi connectivity index (χ0) is 19.0. The first-order chi connectivity index (χ1) is 13.2. The first kappa shape index (κ1) is 17.7. The van der Waals surface area contributed by atoms with Crippen LogP contribution in [0, 0.1) is 11.8 Å². The number of fused-ring (bicyclic) bond motifs is 2. The van der Waals surface area contributed by atoms with Crippen LogP contribution in [0.1, 0.15) is 22.6 Å². The van der Waals surface area contributed by atoms with Gasteiger partial charge < -0.3 is 24.1 Å². The fourth-order valence-electron chi connectivity index (χ4n) is 4.32. The van der Waals surface area contributed by atoms with E-state index >= 15 is 0 Å². The Labute approximate surface area is 159 Å². The normalized spacial score (nSPS) is 22.9. The van der Waals surface area contributed by atoms with Gasteiger partial charge in [-0.1, -0.05) is 12.1 Å². The first-order valence-corrected chi connectivity index (χ1v) is 9.07. The van der Waals surface area contributed by atoms with Crippen molar-refractivity contribution in [2.24, 2.45) is 11.8 Å². The molecule has 0 amide bonds. The Morgan fingerprint density at radius 2 is 1.85 bits per heavy atom. The molecular formula is C22H24O5. The summed E-state index contributed by atoms with van der Waals surface area (Å²) in [6.07, 6.45) is 2.72. The molecule has 5 heteroatoms. The van der Waals surface area contributed by atoms with E-state index < -0.39 is 0 Å². The van der Waals surface area contributed by atoms with Crippen LogP contribution in [0.5, 0.6) is 23.0 Å². The lowest BCUT2D eigenvalue weighted by molar-refractivity contribution is 0.173. The van der Waals surface area contributed by atoms with Gasteiger partial charge in [0.05, 0.1) is 14.2 Å². The molecule has 3 atom stereocenters. The molecule has 2 aromatic rings. The third kappa shape index (κ3) is 2.92. The van der Waals surface area contributed by atoms with Crippen molar-refractivity contribution < 1.29 is 24.1 Å². The van der Waals surface area contributed by atoms with E-state index in [-0.39, 0.29) is 31.2 Å². The van der Waals surface area contributed by atoms with Crippen LogP contribution >= 0.6 is 0 Å². The van der Waals surface area contributed by atoms with Crippen LogP contribution < -0.4 is 18.9 Å². The molecule has 0 saturated heterocycles. The molecule has 0 radical (unpaired) electrons. The van der Waals surface area contributed by atoms with Gasteiger partial charge in [-0.25, -0.2) is 0 Å². The Kier molecular flexibility index (Phi) is 4.70. The molecule has 1 N–H and O–H groups in total. The predicted octanol–water partition coefficient (Wildman–Crippen LogP) is 3.53. The van der Waals surface area contributed by atoms with E-state index in [0.717, 1.165) is 29.0 Å². The van der Waals surface area contributed by atoms with Crippen molar-refractivity contribution >= 4 is 0 Å². The number of benzene rings is 2. The van der Waals surface area contributed by atoms with Crippen molar-refractivity contribution in [2.75, 3.05) is 27.6 Å². The lowest BCUT2D eigenvalue weighted by Crippen LogP contribution is -2.31. The summed E-state index contributed by atoms with van der Waals surface area (Å²) in [5.74, 6) is 3.14. The Balaban J connectivity index is 1.88. The molecular weight excluding hydrogens is 344 g/mol. The molecule has 1 heterocycles. The monoisotopic (exact) mass is 368 g/mol. The maximum Gasteiger partial charge on any atom is 0.231 e. The smallest absolute Gasteiger partial charge is 0.231 e. The average molecular weight is 368 g/mol. The summed E-state index contributed by atoms with van der Waals surface area (Å²) in [4.78, 5) is 0. The maximum absolute atomic E-state index is 10.0. The van der Waals surface area contributed by atoms with Crippen molar-refractivity contribution in [3.63, 3.8) is 0 Å². The summed E-state index contributed by atoms with van der Waals surface area (Å²) in [6, 6.07) is 10.1. The van der Waals surface area contributed by atoms with Crippen LogP contribution in [-0.2, 0) is 6.42 Å². The Morgan fingerprint density at radius 3 is 2.56 bits per heavy atom. The van der Waals surface area contributed by atoms with Crippen LogP contribution in [0.15, 0.2) is 43.0 Å². The van der Waals surface area contributed by atoms with Crippen LogP contribution in [0.2, 0.25) is 0 Å². The van der Waals surface area contributed by atoms with E-state index in [1.54, 1.807) is 14.2 Å². The zero-order valence-corrected chi connectivity index (χ0v) is 15.6. The highest BCUT2D eigenvalue weighted by Crippen LogP contribution is 2.48. The van der Waals surface area contributed by atoms with Gasteiger partial charge in [0.15, 0.2) is 23.0 Å². The molecule has 0 saturated carbocycles. The molecule has 4 rings (SSSR count). The quantitative estimate of drug-likeness (QED) is 0.818. The third-order valence-corrected chi connectivity index (χ3v) is 5.65. The van der Waals surface area contributed by atoms with Gasteiger partial charge in [0.1, 0.15) is 0 Å². The van der Waals surface area contributed by atoms with Crippen LogP contribution in [0.3, 0.4) is 0 Å². The molecule has 0 aromatic heterocycles. The van der Waals surface area contributed by atoms with E-state index in [1.165, 1.54) is 5.56 Å². The van der Waals surface area contributed by atoms with Gasteiger partial charge in [-0.15, -0.1) is 6.58 Å². The molecule has 142 valence electrons. The number of aliphatic hydroxyl groups excluding tert-OH is 1. The highest BCUT2D eigenvalue weighted by Gasteiger charge is 2.37. The van der Waals surface area contributed by atoms with Crippen molar-refractivity contribution in [1.82, 2.24) is 0 Å². The van der Waals surface area contributed by atoms with Gasteiger partial charge >= 0.3 is 0 Å². The number of aliphatic hydroxyl groups is 1. The Hall–Kier alpha value is -2.66. The highest BCUT2D eigenvalue weighted by molar-refractivity contribution is 5.55. The Bertz CT molecular complexity index is 860. The van der Waals surface area contributed by atoms with Crippen LogP contribution in [0.25, 0.3) is 0 Å². The molecule has 2 aromatic carbocycles. The van der Waals surface area contributed by atoms with Crippen molar-refractivity contribution in [3.8, 4) is 23.0 Å². The molecule has 1 aliphatic heterocycles. The minimum atomic E-state index is 0.0395. The largest absolute Gasteiger partial charge is 0.493 e. The molecule has 5 nitrogen and oxygen atoms in total. The van der Waals surface area contributed by atoms with Crippen LogP contribution in [-0.4, -0.2) is 32.7 Å². The topological polar surface area (TPSA) is 57.2 Å². The summed E-state index contributed by atoms with van der Waals surface area (Å²) < 4.78 is 22.1. The second kappa shape index (κ2) is 7.16. The van der Waals surface area contributed by atoms with Crippen LogP contribution in [0.4, 0.5) is 0 Å². The summed E-state index contributed by atoms with van der Waals surface area (Å²) in [5, 5.41) is 10.0. The standard InChI is InChI=1S/C22H24O5/c1-4-16-15(11-23)7-14-9-19(24-2)20(25-3)10-17(14)22(16)13-5-6-18-21(8-13)27-12-26-18/h4-6,8-10,15-16,22-23H,1,7,11-12H2,2-3H3/t15-,16+,22-/m0/s1. The maximum atomic E-state index is 10.0. The molecule has 0 unspecified atom stereocenters. The highest BCUT2D eigenvalue weighted by atomic mass is 16.7. The number of allylic oxidation sites excluding steroid dienone is 1. The molecule has 0 spiro atoms. The van der Waals surface area contributed by atoms with Crippen molar-refractivity contribution in [2.45, 2.75) is 12.3 Å². The number of hydrogen-bond acceptors (Lipinski definition) is 5. The summed E-state index contributed by atoms with van der Waals surface area (Å²) in [7, 11) is 3.28. The molecule has 27 heavy (non-hydrogen) atoms. The van der Waals surface area contributed by atoms with E-state index in [9.17, 15) is 5.11 Å². The Morgan fingerprint density at radius 1 is 1.11 bits per heavy atom. The second-order valence-corrected chi connectivity index (χ2v) is 6.96. The number of methoxy groups -OCH3 is 2. The SMILES string of the molecule is C=C[C@@H]1[C@H](CO)Cc2cc(OC)c(OC)cc2[C@H]1c1ccc2c(c1)OCO2. The number of rotatable bonds is 5. The van der Waals surface area contributed by atoms with E-state index in [4.69, 9.17) is 18.9 Å². The van der Waals surface area contributed by atoms with E-state index in [0.29, 0.717) is 11.5 Å². The predicted molar refractivity (Wildman–Crippen MR) is 102 cm³/mol. The van der Waals surface area contributed by atoms with Gasteiger partial charge in [0.25, 0.3) is 0 Å². The molecule has 2 aliphatic rings. The fourth-order valence-corrected chi connectivity index (χ4v) is 4.32. The summed E-state index contributed by atoms with van der Waals surface area (Å²) >= 11 is 0. The number of hydrogen-bond donors (Lipinski definition) is 1. The van der Waals surface area contributed by atoms with Gasteiger partial charge in [-0.2, -0.15) is 0 Å². The van der Waals surface area contributed by atoms with Crippen molar-refractivity contribution in [3.05, 3.63) is 59.7 Å². The summed E-state index contributed by atoms with van der Waals surface area (Å²) in [5.41, 5.74) is 3.43. The lowest BCUT2D eigenvalue weighted by atomic mass is 9.66. The minimum absolute atomic E-state index is 0.0395. The number of ether oxygens (including phenoxy) is 4. The van der Waals surface area contributed by atoms with E-state index in [1.807, 2.05) is 30.3 Å². The van der Waals surface area contributed by atoms with Crippen molar-refractivity contribution in [1.29, 1.82) is 0 Å². The third-order valence-electron chi connectivity index (χ3n) is 5.65. The van der Waals surface area contributed by atoms with Gasteiger partial charge in [0.2, 0.25) is 6.79 Å². The van der Waals surface area contributed by atoms with Gasteiger partial charge in [-0.05, 0) is 59.2 Å². The second-order valence-electron chi connectivity index (χ2n) is 6.96. The lowest BCUT2D eigenvalue weighted by Gasteiger charge is -2.38. The summed E-state index contributed by atoms with van der Waals surface area (Å²) in [6.45, 7) is 4.40. The molecule has 1 aliphatic carbocycles.